The molecule has 5 heteroatoms. The SMILES string of the molecule is CN(C)CCSCC(=O)Nc1cccc(Br)c1. The van der Waals surface area contributed by atoms with Crippen molar-refractivity contribution in [2.45, 2.75) is 0 Å². The minimum atomic E-state index is 0.0480. The molecular formula is C12H17BrN2OS. The fourth-order valence-electron chi connectivity index (χ4n) is 1.18. The Morgan fingerprint density at radius 1 is 1.47 bits per heavy atom. The lowest BCUT2D eigenvalue weighted by Crippen LogP contribution is -2.18. The number of carbonyl (C=O) groups is 1. The van der Waals surface area contributed by atoms with E-state index >= 15 is 0 Å². The van der Waals surface area contributed by atoms with Crippen LogP contribution in [0.1, 0.15) is 0 Å². The monoisotopic (exact) mass is 316 g/mol. The summed E-state index contributed by atoms with van der Waals surface area (Å²) in [5, 5.41) is 2.87. The first-order valence-electron chi connectivity index (χ1n) is 5.36. The Hall–Kier alpha value is -0.520. The summed E-state index contributed by atoms with van der Waals surface area (Å²) in [5.74, 6) is 1.52. The van der Waals surface area contributed by atoms with E-state index in [0.29, 0.717) is 5.75 Å². The molecule has 1 rings (SSSR count). The molecule has 17 heavy (non-hydrogen) atoms. The van der Waals surface area contributed by atoms with Crippen LogP contribution in [0.3, 0.4) is 0 Å². The molecule has 0 aliphatic heterocycles. The zero-order chi connectivity index (χ0) is 12.7. The molecule has 3 nitrogen and oxygen atoms in total. The quantitative estimate of drug-likeness (QED) is 0.819. The minimum absolute atomic E-state index is 0.0480. The lowest BCUT2D eigenvalue weighted by molar-refractivity contribution is -0.113. The van der Waals surface area contributed by atoms with Crippen molar-refractivity contribution in [3.63, 3.8) is 0 Å². The van der Waals surface area contributed by atoms with Gasteiger partial charge in [-0.15, -0.1) is 0 Å². The van der Waals surface area contributed by atoms with Crippen LogP contribution in [0.25, 0.3) is 0 Å². The molecule has 0 fully saturated rings. The summed E-state index contributed by atoms with van der Waals surface area (Å²) >= 11 is 5.02. The summed E-state index contributed by atoms with van der Waals surface area (Å²) in [4.78, 5) is 13.7. The number of amides is 1. The van der Waals surface area contributed by atoms with E-state index in [1.165, 1.54) is 0 Å². The number of nitrogens with zero attached hydrogens (tertiary/aromatic N) is 1. The molecule has 0 saturated carbocycles. The van der Waals surface area contributed by atoms with Crippen molar-refractivity contribution < 1.29 is 4.79 Å². The predicted molar refractivity (Wildman–Crippen MR) is 78.7 cm³/mol. The van der Waals surface area contributed by atoms with E-state index in [4.69, 9.17) is 0 Å². The van der Waals surface area contributed by atoms with E-state index in [1.54, 1.807) is 11.8 Å². The van der Waals surface area contributed by atoms with Crippen LogP contribution in [0, 0.1) is 0 Å². The second-order valence-corrected chi connectivity index (χ2v) is 5.94. The van der Waals surface area contributed by atoms with Crippen molar-refractivity contribution in [3.05, 3.63) is 28.7 Å². The van der Waals surface area contributed by atoms with Gasteiger partial charge in [-0.3, -0.25) is 4.79 Å². The number of rotatable bonds is 6. The number of hydrogen-bond acceptors (Lipinski definition) is 3. The number of anilines is 1. The van der Waals surface area contributed by atoms with Gasteiger partial charge in [0, 0.05) is 22.5 Å². The topological polar surface area (TPSA) is 32.3 Å². The third-order valence-corrected chi connectivity index (χ3v) is 3.46. The van der Waals surface area contributed by atoms with Crippen LogP contribution in [-0.4, -0.2) is 43.0 Å². The van der Waals surface area contributed by atoms with Gasteiger partial charge in [-0.05, 0) is 32.3 Å². The van der Waals surface area contributed by atoms with Crippen LogP contribution in [0.4, 0.5) is 5.69 Å². The van der Waals surface area contributed by atoms with Gasteiger partial charge in [0.25, 0.3) is 0 Å². The largest absolute Gasteiger partial charge is 0.325 e. The molecule has 1 aromatic rings. The Balaban J connectivity index is 2.25. The maximum atomic E-state index is 11.6. The van der Waals surface area contributed by atoms with Crippen LogP contribution in [0.15, 0.2) is 28.7 Å². The van der Waals surface area contributed by atoms with Gasteiger partial charge < -0.3 is 10.2 Å². The number of benzene rings is 1. The Labute approximate surface area is 115 Å². The van der Waals surface area contributed by atoms with Crippen molar-refractivity contribution >= 4 is 39.3 Å². The normalized spacial score (nSPS) is 10.6. The van der Waals surface area contributed by atoms with Gasteiger partial charge in [0.1, 0.15) is 0 Å². The molecule has 1 aromatic carbocycles. The maximum absolute atomic E-state index is 11.6. The molecule has 0 aliphatic rings. The summed E-state index contributed by atoms with van der Waals surface area (Å²) < 4.78 is 0.968. The maximum Gasteiger partial charge on any atom is 0.234 e. The van der Waals surface area contributed by atoms with E-state index < -0.39 is 0 Å². The number of thioether (sulfide) groups is 1. The summed E-state index contributed by atoms with van der Waals surface area (Å²) in [6, 6.07) is 7.61. The van der Waals surface area contributed by atoms with E-state index in [1.807, 2.05) is 38.4 Å². The minimum Gasteiger partial charge on any atom is -0.325 e. The van der Waals surface area contributed by atoms with Gasteiger partial charge in [0.2, 0.25) is 5.91 Å². The van der Waals surface area contributed by atoms with E-state index in [9.17, 15) is 4.79 Å². The first kappa shape index (κ1) is 14.5. The molecule has 0 aromatic heterocycles. The van der Waals surface area contributed by atoms with Crippen molar-refractivity contribution in [3.8, 4) is 0 Å². The van der Waals surface area contributed by atoms with Gasteiger partial charge in [0.15, 0.2) is 0 Å². The van der Waals surface area contributed by atoms with Gasteiger partial charge in [-0.25, -0.2) is 0 Å². The van der Waals surface area contributed by atoms with Crippen LogP contribution < -0.4 is 5.32 Å². The summed E-state index contributed by atoms with van der Waals surface area (Å²) in [7, 11) is 4.06. The molecule has 1 amide bonds. The smallest absolute Gasteiger partial charge is 0.234 e. The van der Waals surface area contributed by atoms with Gasteiger partial charge in [-0.2, -0.15) is 11.8 Å². The molecule has 0 aliphatic carbocycles. The third-order valence-electron chi connectivity index (χ3n) is 2.02. The van der Waals surface area contributed by atoms with Crippen LogP contribution in [-0.2, 0) is 4.79 Å². The average Bonchev–Trinajstić information content (AvgIpc) is 2.24. The Morgan fingerprint density at radius 3 is 2.88 bits per heavy atom. The van der Waals surface area contributed by atoms with Gasteiger partial charge in [-0.1, -0.05) is 22.0 Å². The average molecular weight is 317 g/mol. The molecule has 0 bridgehead atoms. The third kappa shape index (κ3) is 6.71. The summed E-state index contributed by atoms with van der Waals surface area (Å²) in [5.41, 5.74) is 0.831. The second-order valence-electron chi connectivity index (χ2n) is 3.91. The highest BCUT2D eigenvalue weighted by Crippen LogP contribution is 2.15. The first-order chi connectivity index (χ1) is 8.08. The zero-order valence-electron chi connectivity index (χ0n) is 10.1. The Bertz CT molecular complexity index is 371. The van der Waals surface area contributed by atoms with E-state index in [2.05, 4.69) is 26.1 Å². The Kier molecular flexibility index (Phi) is 6.62. The molecule has 0 heterocycles. The van der Waals surface area contributed by atoms with Crippen molar-refractivity contribution in [2.24, 2.45) is 0 Å². The highest BCUT2D eigenvalue weighted by atomic mass is 79.9. The summed E-state index contributed by atoms with van der Waals surface area (Å²) in [6.45, 7) is 0.995. The molecule has 0 atom stereocenters. The summed E-state index contributed by atoms with van der Waals surface area (Å²) in [6.07, 6.45) is 0. The van der Waals surface area contributed by atoms with E-state index in [-0.39, 0.29) is 5.91 Å². The predicted octanol–water partition coefficient (Wildman–Crippen LogP) is 2.68. The standard InChI is InChI=1S/C12H17BrN2OS/c1-15(2)6-7-17-9-12(16)14-11-5-3-4-10(13)8-11/h3-5,8H,6-7,9H2,1-2H3,(H,14,16). The highest BCUT2D eigenvalue weighted by Gasteiger charge is 2.02. The fraction of sp³-hybridized carbons (Fsp3) is 0.417. The lowest BCUT2D eigenvalue weighted by atomic mass is 10.3. The van der Waals surface area contributed by atoms with Gasteiger partial charge >= 0.3 is 0 Å². The van der Waals surface area contributed by atoms with E-state index in [0.717, 1.165) is 22.5 Å². The molecule has 94 valence electrons. The molecule has 0 radical (unpaired) electrons. The molecule has 0 unspecified atom stereocenters. The molecule has 1 N–H and O–H groups in total. The highest BCUT2D eigenvalue weighted by molar-refractivity contribution is 9.10. The van der Waals surface area contributed by atoms with Gasteiger partial charge in [0.05, 0.1) is 5.75 Å². The Morgan fingerprint density at radius 2 is 2.24 bits per heavy atom. The van der Waals surface area contributed by atoms with Crippen LogP contribution in [0.2, 0.25) is 0 Å². The number of carbonyl (C=O) groups excluding carboxylic acids is 1. The number of nitrogens with one attached hydrogen (secondary N) is 1. The van der Waals surface area contributed by atoms with Crippen LogP contribution >= 0.6 is 27.7 Å². The van der Waals surface area contributed by atoms with Crippen molar-refractivity contribution in [2.75, 3.05) is 37.5 Å². The molecule has 0 spiro atoms. The fourth-order valence-corrected chi connectivity index (χ4v) is 2.47. The zero-order valence-corrected chi connectivity index (χ0v) is 12.5. The van der Waals surface area contributed by atoms with Crippen LogP contribution in [0.5, 0.6) is 0 Å². The number of halogens is 1. The number of hydrogen-bond donors (Lipinski definition) is 1. The second kappa shape index (κ2) is 7.74. The first-order valence-corrected chi connectivity index (χ1v) is 7.30. The van der Waals surface area contributed by atoms with Crippen molar-refractivity contribution in [1.29, 1.82) is 0 Å². The molecular weight excluding hydrogens is 300 g/mol. The molecule has 0 saturated heterocycles. The van der Waals surface area contributed by atoms with Crippen molar-refractivity contribution in [1.82, 2.24) is 4.90 Å². The lowest BCUT2D eigenvalue weighted by Gasteiger charge is -2.09.